The molecular weight excluding hydrogens is 208 g/mol. The smallest absolute Gasteiger partial charge is 0.0475 e. The minimum Gasteiger partial charge on any atom is -0.329 e. The van der Waals surface area contributed by atoms with Crippen molar-refractivity contribution in [2.75, 3.05) is 13.1 Å². The highest BCUT2D eigenvalue weighted by Crippen LogP contribution is 2.31. The van der Waals surface area contributed by atoms with Gasteiger partial charge in [-0.2, -0.15) is 0 Å². The Morgan fingerprint density at radius 3 is 2.76 bits per heavy atom. The minimum atomic E-state index is 0.396. The van der Waals surface area contributed by atoms with Crippen LogP contribution in [0.25, 0.3) is 0 Å². The second kappa shape index (κ2) is 5.19. The molecule has 1 aliphatic rings. The van der Waals surface area contributed by atoms with Crippen molar-refractivity contribution in [2.45, 2.75) is 45.7 Å². The molecule has 2 rings (SSSR count). The van der Waals surface area contributed by atoms with Crippen molar-refractivity contribution in [3.63, 3.8) is 0 Å². The fraction of sp³-hybridized carbons (Fsp3) is 0.600. The molecule has 1 aromatic rings. The number of benzene rings is 1. The van der Waals surface area contributed by atoms with Crippen molar-refractivity contribution in [3.8, 4) is 0 Å². The van der Waals surface area contributed by atoms with Gasteiger partial charge >= 0.3 is 0 Å². The summed E-state index contributed by atoms with van der Waals surface area (Å²) < 4.78 is 0. The molecule has 1 fully saturated rings. The van der Waals surface area contributed by atoms with Gasteiger partial charge in [0.05, 0.1) is 0 Å². The van der Waals surface area contributed by atoms with Gasteiger partial charge in [-0.05, 0) is 56.8 Å². The summed E-state index contributed by atoms with van der Waals surface area (Å²) in [5.74, 6) is 0. The highest BCUT2D eigenvalue weighted by atomic mass is 15.2. The number of hydrogen-bond acceptors (Lipinski definition) is 2. The zero-order valence-electron chi connectivity index (χ0n) is 11.2. The Bertz CT molecular complexity index is 387. The van der Waals surface area contributed by atoms with Crippen molar-refractivity contribution in [1.29, 1.82) is 0 Å². The van der Waals surface area contributed by atoms with Crippen molar-refractivity contribution in [1.82, 2.24) is 4.90 Å². The Kier molecular flexibility index (Phi) is 3.85. The molecule has 2 N–H and O–H groups in total. The number of aryl methyl sites for hydroxylation is 1. The third-order valence-corrected chi connectivity index (χ3v) is 4.23. The lowest BCUT2D eigenvalue weighted by Crippen LogP contribution is -2.36. The summed E-state index contributed by atoms with van der Waals surface area (Å²) in [6.45, 7) is 8.62. The third kappa shape index (κ3) is 2.38. The molecule has 17 heavy (non-hydrogen) atoms. The standard InChI is InChI=1S/C15H24N2/c1-11-6-4-8-14(13(11)3)15(10-16)17-9-5-7-12(17)2/h4,6,8,12,15H,5,7,9-10,16H2,1-3H3. The summed E-state index contributed by atoms with van der Waals surface area (Å²) >= 11 is 0. The number of hydrogen-bond donors (Lipinski definition) is 1. The van der Waals surface area contributed by atoms with E-state index < -0.39 is 0 Å². The van der Waals surface area contributed by atoms with Gasteiger partial charge in [0.25, 0.3) is 0 Å². The van der Waals surface area contributed by atoms with Crippen molar-refractivity contribution < 1.29 is 0 Å². The molecule has 1 saturated heterocycles. The fourth-order valence-corrected chi connectivity index (χ4v) is 2.99. The van der Waals surface area contributed by atoms with Gasteiger partial charge in [-0.3, -0.25) is 4.90 Å². The Morgan fingerprint density at radius 2 is 2.18 bits per heavy atom. The maximum Gasteiger partial charge on any atom is 0.0475 e. The van der Waals surface area contributed by atoms with Crippen LogP contribution < -0.4 is 5.73 Å². The maximum absolute atomic E-state index is 6.02. The number of rotatable bonds is 3. The van der Waals surface area contributed by atoms with E-state index in [2.05, 4.69) is 43.9 Å². The van der Waals surface area contributed by atoms with E-state index in [1.807, 2.05) is 0 Å². The van der Waals surface area contributed by atoms with Crippen LogP contribution in [0.3, 0.4) is 0 Å². The van der Waals surface area contributed by atoms with Crippen molar-refractivity contribution in [3.05, 3.63) is 34.9 Å². The molecule has 0 aliphatic carbocycles. The lowest BCUT2D eigenvalue weighted by molar-refractivity contribution is 0.195. The average molecular weight is 232 g/mol. The molecule has 94 valence electrons. The molecule has 1 aliphatic heterocycles. The molecule has 1 aromatic carbocycles. The van der Waals surface area contributed by atoms with Crippen molar-refractivity contribution >= 4 is 0 Å². The molecule has 2 nitrogen and oxygen atoms in total. The van der Waals surface area contributed by atoms with Crippen LogP contribution in [0.1, 0.15) is 42.5 Å². The van der Waals surface area contributed by atoms with Crippen LogP contribution in [0.4, 0.5) is 0 Å². The Hall–Kier alpha value is -0.860. The van der Waals surface area contributed by atoms with Crippen LogP contribution in [0.15, 0.2) is 18.2 Å². The Morgan fingerprint density at radius 1 is 1.41 bits per heavy atom. The summed E-state index contributed by atoms with van der Waals surface area (Å²) in [5.41, 5.74) is 10.2. The zero-order valence-corrected chi connectivity index (χ0v) is 11.2. The first-order chi connectivity index (χ1) is 8.15. The highest BCUT2D eigenvalue weighted by molar-refractivity contribution is 5.35. The first kappa shape index (κ1) is 12.6. The number of nitrogens with zero attached hydrogens (tertiary/aromatic N) is 1. The van der Waals surface area contributed by atoms with Gasteiger partial charge in [-0.25, -0.2) is 0 Å². The van der Waals surface area contributed by atoms with Gasteiger partial charge in [-0.15, -0.1) is 0 Å². The lowest BCUT2D eigenvalue weighted by Gasteiger charge is -2.32. The van der Waals surface area contributed by atoms with Crippen LogP contribution in [0, 0.1) is 13.8 Å². The van der Waals surface area contributed by atoms with Gasteiger partial charge in [0, 0.05) is 18.6 Å². The molecule has 0 amide bonds. The molecule has 0 spiro atoms. The summed E-state index contributed by atoms with van der Waals surface area (Å²) in [5, 5.41) is 0. The maximum atomic E-state index is 6.02. The van der Waals surface area contributed by atoms with E-state index >= 15 is 0 Å². The van der Waals surface area contributed by atoms with E-state index in [4.69, 9.17) is 5.73 Å². The third-order valence-electron chi connectivity index (χ3n) is 4.23. The van der Waals surface area contributed by atoms with Crippen LogP contribution in [-0.4, -0.2) is 24.0 Å². The lowest BCUT2D eigenvalue weighted by atomic mass is 9.96. The van der Waals surface area contributed by atoms with Crippen LogP contribution in [0.2, 0.25) is 0 Å². The van der Waals surface area contributed by atoms with Crippen LogP contribution in [0.5, 0.6) is 0 Å². The Balaban J connectivity index is 2.31. The predicted molar refractivity (Wildman–Crippen MR) is 73.1 cm³/mol. The summed E-state index contributed by atoms with van der Waals surface area (Å²) in [4.78, 5) is 2.57. The number of likely N-dealkylation sites (tertiary alicyclic amines) is 1. The Labute approximate surface area is 105 Å². The first-order valence-corrected chi connectivity index (χ1v) is 6.67. The predicted octanol–water partition coefficient (Wildman–Crippen LogP) is 2.79. The van der Waals surface area contributed by atoms with E-state index in [-0.39, 0.29) is 0 Å². The van der Waals surface area contributed by atoms with E-state index in [0.717, 1.165) is 0 Å². The largest absolute Gasteiger partial charge is 0.329 e. The van der Waals surface area contributed by atoms with Crippen LogP contribution in [-0.2, 0) is 0 Å². The van der Waals surface area contributed by atoms with E-state index in [0.29, 0.717) is 18.6 Å². The minimum absolute atomic E-state index is 0.396. The molecule has 0 radical (unpaired) electrons. The first-order valence-electron chi connectivity index (χ1n) is 6.67. The van der Waals surface area contributed by atoms with Gasteiger partial charge < -0.3 is 5.73 Å². The summed E-state index contributed by atoms with van der Waals surface area (Å²) in [6.07, 6.45) is 2.61. The van der Waals surface area contributed by atoms with E-state index in [9.17, 15) is 0 Å². The fourth-order valence-electron chi connectivity index (χ4n) is 2.99. The second-order valence-corrected chi connectivity index (χ2v) is 5.27. The average Bonchev–Trinajstić information content (AvgIpc) is 2.72. The topological polar surface area (TPSA) is 29.3 Å². The molecule has 0 saturated carbocycles. The van der Waals surface area contributed by atoms with E-state index in [1.165, 1.54) is 36.1 Å². The molecular formula is C15H24N2. The second-order valence-electron chi connectivity index (χ2n) is 5.27. The highest BCUT2D eigenvalue weighted by Gasteiger charge is 2.28. The quantitative estimate of drug-likeness (QED) is 0.868. The normalized spacial score (nSPS) is 22.9. The number of nitrogens with two attached hydrogens (primary N) is 1. The summed E-state index contributed by atoms with van der Waals surface area (Å²) in [7, 11) is 0. The van der Waals surface area contributed by atoms with Crippen LogP contribution >= 0.6 is 0 Å². The van der Waals surface area contributed by atoms with Gasteiger partial charge in [-0.1, -0.05) is 18.2 Å². The zero-order chi connectivity index (χ0) is 12.4. The SMILES string of the molecule is Cc1cccc(C(CN)N2CCCC2C)c1C. The molecule has 0 aromatic heterocycles. The van der Waals surface area contributed by atoms with Gasteiger partial charge in [0.2, 0.25) is 0 Å². The molecule has 2 unspecified atom stereocenters. The molecule has 0 bridgehead atoms. The van der Waals surface area contributed by atoms with Crippen molar-refractivity contribution in [2.24, 2.45) is 5.73 Å². The molecule has 2 heteroatoms. The van der Waals surface area contributed by atoms with Gasteiger partial charge in [0.1, 0.15) is 0 Å². The monoisotopic (exact) mass is 232 g/mol. The van der Waals surface area contributed by atoms with Gasteiger partial charge in [0.15, 0.2) is 0 Å². The molecule has 2 atom stereocenters. The van der Waals surface area contributed by atoms with E-state index in [1.54, 1.807) is 0 Å². The molecule has 1 heterocycles. The summed E-state index contributed by atoms with van der Waals surface area (Å²) in [6, 6.07) is 7.64.